The summed E-state index contributed by atoms with van der Waals surface area (Å²) < 4.78 is 23.7. The summed E-state index contributed by atoms with van der Waals surface area (Å²) in [6, 6.07) is 15.4. The molecule has 0 aliphatic heterocycles. The number of pyridine rings is 1. The Morgan fingerprint density at radius 3 is 2.50 bits per heavy atom. The van der Waals surface area contributed by atoms with E-state index in [1.165, 1.54) is 0 Å². The minimum atomic E-state index is -2.39. The summed E-state index contributed by atoms with van der Waals surface area (Å²) in [6.45, 7) is 5.09. The van der Waals surface area contributed by atoms with Gasteiger partial charge in [-0.2, -0.15) is 0 Å². The molecule has 10 heteroatoms. The Labute approximate surface area is 201 Å². The molecule has 3 amide bonds. The summed E-state index contributed by atoms with van der Waals surface area (Å²) in [5.41, 5.74) is 3.15. The van der Waals surface area contributed by atoms with Crippen molar-refractivity contribution in [3.05, 3.63) is 78.1 Å². The van der Waals surface area contributed by atoms with Gasteiger partial charge in [0, 0.05) is 43.3 Å². The van der Waals surface area contributed by atoms with Crippen molar-refractivity contribution in [2.45, 2.75) is 20.4 Å². The lowest BCUT2D eigenvalue weighted by molar-refractivity contribution is 0.0774. The van der Waals surface area contributed by atoms with Crippen molar-refractivity contribution in [1.29, 1.82) is 0 Å². The van der Waals surface area contributed by atoms with Gasteiger partial charge < -0.3 is 15.5 Å². The lowest BCUT2D eigenvalue weighted by atomic mass is 9.99. The van der Waals surface area contributed by atoms with Crippen LogP contribution in [0.2, 0.25) is 0 Å². The van der Waals surface area contributed by atoms with Gasteiger partial charge in [0.05, 0.1) is 11.3 Å². The predicted molar refractivity (Wildman–Crippen MR) is 134 cm³/mol. The largest absolute Gasteiger partial charge is 0.339 e. The summed E-state index contributed by atoms with van der Waals surface area (Å²) in [6.07, 6.45) is 3.34. The molecule has 1 heterocycles. The Morgan fingerprint density at radius 2 is 1.82 bits per heavy atom. The second-order valence-electron chi connectivity index (χ2n) is 7.31. The Kier molecular flexibility index (Phi) is 8.72. The molecular weight excluding hydrogens is 454 g/mol. The number of carbonyl (C=O) groups is 2. The number of carbonyl (C=O) groups excluding carboxylic acids is 2. The van der Waals surface area contributed by atoms with Crippen molar-refractivity contribution >= 4 is 34.6 Å². The number of hydrogen-bond donors (Lipinski definition) is 4. The molecule has 0 aliphatic rings. The molecule has 1 aromatic heterocycles. The van der Waals surface area contributed by atoms with Crippen LogP contribution in [0.25, 0.3) is 11.1 Å². The number of hydrogen-bond acceptors (Lipinski definition) is 4. The molecule has 9 nitrogen and oxygen atoms in total. The number of aromatic nitrogens is 1. The van der Waals surface area contributed by atoms with E-state index in [-0.39, 0.29) is 23.2 Å². The van der Waals surface area contributed by atoms with Crippen LogP contribution < -0.4 is 15.4 Å². The van der Waals surface area contributed by atoms with Gasteiger partial charge in [0.25, 0.3) is 17.2 Å². The highest BCUT2D eigenvalue weighted by Crippen LogP contribution is 2.33. The summed E-state index contributed by atoms with van der Waals surface area (Å²) in [5, 5.41) is 5.55. The zero-order chi connectivity index (χ0) is 24.5. The van der Waals surface area contributed by atoms with Gasteiger partial charge in [-0.1, -0.05) is 30.3 Å². The highest BCUT2D eigenvalue weighted by molar-refractivity contribution is 7.80. The molecule has 4 N–H and O–H groups in total. The minimum Gasteiger partial charge on any atom is -0.339 e. The van der Waals surface area contributed by atoms with Crippen LogP contribution in [0.4, 0.5) is 16.2 Å². The van der Waals surface area contributed by atoms with Crippen LogP contribution in [0.3, 0.4) is 0 Å². The van der Waals surface area contributed by atoms with Crippen molar-refractivity contribution in [1.82, 2.24) is 15.2 Å². The monoisotopic (exact) mass is 481 g/mol. The molecule has 2 aromatic carbocycles. The molecule has 34 heavy (non-hydrogen) atoms. The fourth-order valence-corrected chi connectivity index (χ4v) is 3.87. The maximum Gasteiger partial charge on any atom is 0.319 e. The fraction of sp³-hybridized carbons (Fsp3) is 0.208. The molecule has 0 saturated heterocycles. The molecule has 0 fully saturated rings. The topological polar surface area (TPSA) is 124 Å². The van der Waals surface area contributed by atoms with Crippen molar-refractivity contribution in [2.75, 3.05) is 23.1 Å². The number of para-hydroxylation sites is 1. The third-order valence-electron chi connectivity index (χ3n) is 5.14. The number of amides is 3. The van der Waals surface area contributed by atoms with E-state index in [0.717, 1.165) is 5.56 Å². The SMILES string of the molecule is CCN(CC)C(=O)c1cccc(-c2cccc(NC(=O)NCc3cccnc3)c2)c1NS(=O)O. The molecular formula is C24H27N5O4S. The first kappa shape index (κ1) is 24.9. The van der Waals surface area contributed by atoms with Crippen LogP contribution >= 0.6 is 0 Å². The van der Waals surface area contributed by atoms with Gasteiger partial charge in [0.1, 0.15) is 0 Å². The molecule has 0 bridgehead atoms. The van der Waals surface area contributed by atoms with Crippen LogP contribution in [0.1, 0.15) is 29.8 Å². The van der Waals surface area contributed by atoms with Crippen molar-refractivity contribution in [2.24, 2.45) is 0 Å². The number of rotatable bonds is 9. The lowest BCUT2D eigenvalue weighted by Crippen LogP contribution is -2.31. The Balaban J connectivity index is 1.87. The van der Waals surface area contributed by atoms with Crippen LogP contribution in [0.5, 0.6) is 0 Å². The van der Waals surface area contributed by atoms with Crippen molar-refractivity contribution in [3.8, 4) is 11.1 Å². The Morgan fingerprint density at radius 1 is 1.06 bits per heavy atom. The quantitative estimate of drug-likeness (QED) is 0.343. The highest BCUT2D eigenvalue weighted by Gasteiger charge is 2.21. The van der Waals surface area contributed by atoms with Gasteiger partial charge in [0.15, 0.2) is 0 Å². The predicted octanol–water partition coefficient (Wildman–Crippen LogP) is 4.10. The van der Waals surface area contributed by atoms with E-state index in [1.807, 2.05) is 19.9 Å². The van der Waals surface area contributed by atoms with Crippen LogP contribution in [0, 0.1) is 0 Å². The van der Waals surface area contributed by atoms with E-state index in [9.17, 15) is 18.4 Å². The fourth-order valence-electron chi connectivity index (χ4n) is 3.47. The molecule has 1 atom stereocenters. The molecule has 0 aliphatic carbocycles. The average Bonchev–Trinajstić information content (AvgIpc) is 2.84. The Hall–Kier alpha value is -3.76. The average molecular weight is 482 g/mol. The number of anilines is 2. The molecule has 0 radical (unpaired) electrons. The van der Waals surface area contributed by atoms with Crippen molar-refractivity contribution in [3.63, 3.8) is 0 Å². The number of nitrogens with one attached hydrogen (secondary N) is 3. The highest BCUT2D eigenvalue weighted by atomic mass is 32.2. The smallest absolute Gasteiger partial charge is 0.319 e. The normalized spacial score (nSPS) is 11.4. The number of nitrogens with zero attached hydrogens (tertiary/aromatic N) is 2. The second kappa shape index (κ2) is 11.9. The molecule has 0 saturated carbocycles. The molecule has 0 spiro atoms. The third-order valence-corrected chi connectivity index (χ3v) is 5.52. The van der Waals surface area contributed by atoms with E-state index in [2.05, 4.69) is 20.3 Å². The summed E-state index contributed by atoms with van der Waals surface area (Å²) >= 11 is -2.39. The second-order valence-corrected chi connectivity index (χ2v) is 8.01. The van der Waals surface area contributed by atoms with Gasteiger partial charge in [-0.05, 0) is 49.2 Å². The van der Waals surface area contributed by atoms with E-state index >= 15 is 0 Å². The van der Waals surface area contributed by atoms with E-state index in [4.69, 9.17) is 0 Å². The first-order chi connectivity index (χ1) is 16.4. The van der Waals surface area contributed by atoms with Gasteiger partial charge in [-0.3, -0.25) is 19.1 Å². The maximum absolute atomic E-state index is 13.0. The van der Waals surface area contributed by atoms with Gasteiger partial charge in [-0.25, -0.2) is 9.00 Å². The standard InChI is InChI=1S/C24H27N5O4S/c1-3-29(4-2)23(30)21-12-6-11-20(22(21)28-34(32)33)18-9-5-10-19(14-18)27-24(31)26-16-17-8-7-13-25-15-17/h5-15,28H,3-4,16H2,1-2H3,(H,32,33)(H2,26,27,31). The van der Waals surface area contributed by atoms with Crippen LogP contribution in [-0.4, -0.2) is 43.7 Å². The van der Waals surface area contributed by atoms with E-state index in [1.54, 1.807) is 65.8 Å². The van der Waals surface area contributed by atoms with Gasteiger partial charge >= 0.3 is 6.03 Å². The number of benzene rings is 2. The van der Waals surface area contributed by atoms with Crippen molar-refractivity contribution < 1.29 is 18.4 Å². The van der Waals surface area contributed by atoms with Gasteiger partial charge in [-0.15, -0.1) is 0 Å². The van der Waals surface area contributed by atoms with Gasteiger partial charge in [0.2, 0.25) is 0 Å². The lowest BCUT2D eigenvalue weighted by Gasteiger charge is -2.22. The number of urea groups is 1. The minimum absolute atomic E-state index is 0.246. The molecule has 1 unspecified atom stereocenters. The molecule has 3 aromatic rings. The van der Waals surface area contributed by atoms with Crippen LogP contribution in [-0.2, 0) is 17.8 Å². The van der Waals surface area contributed by atoms with E-state index < -0.39 is 11.3 Å². The van der Waals surface area contributed by atoms with Crippen LogP contribution in [0.15, 0.2) is 67.0 Å². The maximum atomic E-state index is 13.0. The summed E-state index contributed by atoms with van der Waals surface area (Å²) in [7, 11) is 0. The first-order valence-electron chi connectivity index (χ1n) is 10.8. The Bertz CT molecular complexity index is 1170. The molecule has 3 rings (SSSR count). The zero-order valence-corrected chi connectivity index (χ0v) is 19.8. The van der Waals surface area contributed by atoms with E-state index in [0.29, 0.717) is 36.4 Å². The third kappa shape index (κ3) is 6.40. The summed E-state index contributed by atoms with van der Waals surface area (Å²) in [5.74, 6) is -0.246. The first-order valence-corrected chi connectivity index (χ1v) is 11.9. The molecule has 178 valence electrons. The zero-order valence-electron chi connectivity index (χ0n) is 18.9. The summed E-state index contributed by atoms with van der Waals surface area (Å²) in [4.78, 5) is 31.0.